The molecule has 10 rings (SSSR count). The SMILES string of the molecule is CC(c1ccccc1)C1CC([Si](C)(C)C2C(C)C(C)C(C)C2C)C2CCCCC12.CC1=C(C)C([Si](C)(C)C2C=C(C(C)c3ccccc3)c3ccccc32)C(C)=C1C.CC1=C(C)C([Si](C)(C)Cl)C(C)=C1C.CC1=C(C)C([Si](C)(C)OS(=O)(=O)C(F)(F)F)C(C)=C1C.[Li+].[Li+]. The second-order valence-corrected chi connectivity index (χ2v) is 54.4. The van der Waals surface area contributed by atoms with Gasteiger partial charge in [-0.2, -0.15) is 32.7 Å². The quantitative estimate of drug-likeness (QED) is 0.103. The van der Waals surface area contributed by atoms with Gasteiger partial charge in [0.05, 0.1) is 16.1 Å². The van der Waals surface area contributed by atoms with Crippen LogP contribution in [-0.2, 0) is 14.0 Å². The van der Waals surface area contributed by atoms with Crippen molar-refractivity contribution in [2.45, 2.75) is 260 Å². The van der Waals surface area contributed by atoms with Crippen LogP contribution in [0, 0.1) is 41.4 Å². The van der Waals surface area contributed by atoms with E-state index >= 15 is 0 Å². The maximum Gasteiger partial charge on any atom is 1.00 e. The molecule has 0 saturated heterocycles. The van der Waals surface area contributed by atoms with E-state index in [1.54, 1.807) is 22.3 Å². The normalized spacial score (nSPS) is 27.2. The fraction of sp³-hybridized carbons (Fsp3) is 0.595. The minimum atomic E-state index is -5.56. The van der Waals surface area contributed by atoms with E-state index in [9.17, 15) is 21.6 Å². The van der Waals surface area contributed by atoms with E-state index in [1.807, 2.05) is 27.7 Å². The Balaban J connectivity index is 0.000000232. The molecule has 14 heteroatoms. The van der Waals surface area contributed by atoms with Crippen molar-refractivity contribution in [1.82, 2.24) is 0 Å². The van der Waals surface area contributed by atoms with Crippen molar-refractivity contribution in [3.05, 3.63) is 180 Å². The summed E-state index contributed by atoms with van der Waals surface area (Å²) in [6.07, 6.45) is 10.2. The standard InChI is InChI=1S/C28H46Si.C28H34Si.C12H19F3O3SSi.C11H19ClSi.2Li/c2*1-18-19(2)21(4)28(20(18)3)29(6,7)27-17-26(24-15-11-12-16-25(24)27)22(5)23-13-9-8-10-14-23;1-7-8(2)10(4)11(9(7)3)20(5,6)18-19(16,17)12(13,14)15;1-7-8(2)10(4)11(9(7)3)13(5,6)12;;/h8-10,13-14,18-22,24-28H,11-12,15-17H2,1-7H3;8-17,22,27-28H,1-7H3;11H,1-6H3;11H,1-6H3;;/q;;;;2*+1. The molecule has 3 fully saturated rings. The summed E-state index contributed by atoms with van der Waals surface area (Å²) in [5, 5.41) is 0. The molecule has 0 aliphatic heterocycles. The molecule has 11 atom stereocenters. The topological polar surface area (TPSA) is 43.4 Å². The molecular weight excluding hydrogens is 1250 g/mol. The summed E-state index contributed by atoms with van der Waals surface area (Å²) >= 11 is 6.53. The summed E-state index contributed by atoms with van der Waals surface area (Å²) in [7, 11) is -13.3. The van der Waals surface area contributed by atoms with Crippen molar-refractivity contribution in [1.29, 1.82) is 0 Å². The van der Waals surface area contributed by atoms with Gasteiger partial charge in [-0.1, -0.05) is 225 Å². The van der Waals surface area contributed by atoms with E-state index in [-0.39, 0.29) is 43.3 Å². The summed E-state index contributed by atoms with van der Waals surface area (Å²) < 4.78 is 64.6. The maximum absolute atomic E-state index is 12.5. The number of alkyl halides is 3. The van der Waals surface area contributed by atoms with Gasteiger partial charge in [0.2, 0.25) is 8.32 Å². The molecule has 0 amide bonds. The second-order valence-electron chi connectivity index (χ2n) is 32.0. The van der Waals surface area contributed by atoms with Crippen molar-refractivity contribution in [2.75, 3.05) is 0 Å². The Labute approximate surface area is 598 Å². The largest absolute Gasteiger partial charge is 1.00 e. The van der Waals surface area contributed by atoms with Gasteiger partial charge in [0.15, 0.2) is 7.38 Å². The summed E-state index contributed by atoms with van der Waals surface area (Å²) in [6.45, 7) is 59.3. The number of hydrogen-bond acceptors (Lipinski definition) is 3. The zero-order valence-electron chi connectivity index (χ0n) is 63.0. The van der Waals surface area contributed by atoms with Crippen molar-refractivity contribution < 1.29 is 63.2 Å². The van der Waals surface area contributed by atoms with Crippen molar-refractivity contribution in [2.24, 2.45) is 41.4 Å². The van der Waals surface area contributed by atoms with Crippen LogP contribution in [0.5, 0.6) is 0 Å². The fourth-order valence-corrected chi connectivity index (χ4v) is 40.0. The van der Waals surface area contributed by atoms with E-state index in [2.05, 4.69) is 231 Å². The van der Waals surface area contributed by atoms with E-state index < -0.39 is 47.5 Å². The van der Waals surface area contributed by atoms with Gasteiger partial charge < -0.3 is 3.87 Å². The predicted molar refractivity (Wildman–Crippen MR) is 398 cm³/mol. The molecule has 93 heavy (non-hydrogen) atoms. The van der Waals surface area contributed by atoms with E-state index in [0.29, 0.717) is 22.5 Å². The number of rotatable bonds is 12. The minimum absolute atomic E-state index is 0. The first-order valence-corrected chi connectivity index (χ1v) is 49.4. The average Bonchev–Trinajstić information content (AvgIpc) is 1.60. The fourth-order valence-electron chi connectivity index (χ4n) is 20.1. The van der Waals surface area contributed by atoms with Crippen LogP contribution in [0.1, 0.15) is 196 Å². The van der Waals surface area contributed by atoms with Gasteiger partial charge in [-0.25, -0.2) is 0 Å². The molecule has 11 unspecified atom stereocenters. The van der Waals surface area contributed by atoms with Crippen molar-refractivity contribution in [3.63, 3.8) is 0 Å². The number of allylic oxidation sites excluding steroid dienone is 14. The van der Waals surface area contributed by atoms with Crippen LogP contribution in [0.4, 0.5) is 13.2 Å². The molecule has 7 aliphatic rings. The van der Waals surface area contributed by atoms with Crippen LogP contribution < -0.4 is 37.7 Å². The van der Waals surface area contributed by atoms with Gasteiger partial charge in [-0.3, -0.25) is 0 Å². The van der Waals surface area contributed by atoms with E-state index in [4.69, 9.17) is 11.1 Å². The minimum Gasteiger partial charge on any atom is -0.307 e. The molecule has 7 aliphatic carbocycles. The molecule has 0 aromatic heterocycles. The summed E-state index contributed by atoms with van der Waals surface area (Å²) in [5.41, 5.74) is 21.7. The molecule has 0 radical (unpaired) electrons. The predicted octanol–water partition coefficient (Wildman–Crippen LogP) is 19.5. The van der Waals surface area contributed by atoms with Crippen LogP contribution in [0.3, 0.4) is 0 Å². The zero-order valence-corrected chi connectivity index (χ0v) is 68.6. The van der Waals surface area contributed by atoms with Crippen molar-refractivity contribution in [3.8, 4) is 0 Å². The molecule has 3 saturated carbocycles. The van der Waals surface area contributed by atoms with Crippen LogP contribution in [0.2, 0.25) is 80.1 Å². The third-order valence-electron chi connectivity index (χ3n) is 26.0. The Morgan fingerprint density at radius 1 is 0.516 bits per heavy atom. The first kappa shape index (κ1) is 81.6. The second kappa shape index (κ2) is 31.2. The Hall–Kier alpha value is -2.11. The molecule has 3 aromatic rings. The van der Waals surface area contributed by atoms with Crippen LogP contribution in [0.15, 0.2) is 158 Å². The van der Waals surface area contributed by atoms with Crippen molar-refractivity contribution >= 4 is 58.6 Å². The maximum atomic E-state index is 12.5. The van der Waals surface area contributed by atoms with Crippen LogP contribution >= 0.6 is 11.1 Å². The first-order chi connectivity index (χ1) is 42.0. The molecular formula is C79H118ClF3Li2O3SSi4+2. The Bertz CT molecular complexity index is 3420. The van der Waals surface area contributed by atoms with Gasteiger partial charge >= 0.3 is 53.3 Å². The van der Waals surface area contributed by atoms with Gasteiger partial charge in [0.1, 0.15) is 0 Å². The molecule has 0 N–H and O–H groups in total. The zero-order chi connectivity index (χ0) is 68.3. The Kier molecular flexibility index (Phi) is 27.4. The van der Waals surface area contributed by atoms with Gasteiger partial charge in [-0.15, -0.1) is 0 Å². The van der Waals surface area contributed by atoms with Gasteiger partial charge in [-0.05, 0) is 240 Å². The molecule has 3 nitrogen and oxygen atoms in total. The molecule has 502 valence electrons. The molecule has 0 heterocycles. The Morgan fingerprint density at radius 3 is 1.32 bits per heavy atom. The number of halogens is 4. The molecule has 3 aromatic carbocycles. The van der Waals surface area contributed by atoms with E-state index in [0.717, 1.165) is 80.7 Å². The number of fused-ring (bicyclic) bond motifs is 2. The third kappa shape index (κ3) is 16.2. The summed E-state index contributed by atoms with van der Waals surface area (Å²) in [6, 6.07) is 31.6. The Morgan fingerprint density at radius 2 is 0.903 bits per heavy atom. The van der Waals surface area contributed by atoms with Gasteiger partial charge in [0.25, 0.3) is 0 Å². The smallest absolute Gasteiger partial charge is 0.307 e. The number of hydrogen-bond donors (Lipinski definition) is 0. The van der Waals surface area contributed by atoms with Crippen LogP contribution in [0.25, 0.3) is 5.57 Å². The van der Waals surface area contributed by atoms with Crippen LogP contribution in [-0.4, -0.2) is 45.8 Å². The summed E-state index contributed by atoms with van der Waals surface area (Å²) in [5.74, 6) is 7.77. The number of benzene rings is 3. The molecule has 0 spiro atoms. The monoisotopic (exact) mass is 1360 g/mol. The first-order valence-electron chi connectivity index (χ1n) is 34.7. The summed E-state index contributed by atoms with van der Waals surface area (Å²) in [4.78, 5) is 0. The van der Waals surface area contributed by atoms with E-state index in [1.165, 1.54) is 95.3 Å². The van der Waals surface area contributed by atoms with Gasteiger partial charge in [0, 0.05) is 17.0 Å². The third-order valence-corrected chi connectivity index (χ3v) is 44.1. The molecule has 0 bridgehead atoms. The average molecular weight is 1370 g/mol.